The third-order valence-electron chi connectivity index (χ3n) is 5.24. The topological polar surface area (TPSA) is 85.0 Å². The summed E-state index contributed by atoms with van der Waals surface area (Å²) >= 11 is 0. The van der Waals surface area contributed by atoms with Gasteiger partial charge in [-0.25, -0.2) is 15.0 Å². The summed E-state index contributed by atoms with van der Waals surface area (Å²) in [4.78, 5) is 17.0. The van der Waals surface area contributed by atoms with E-state index in [1.165, 1.54) is 0 Å². The zero-order valence-corrected chi connectivity index (χ0v) is 16.3. The van der Waals surface area contributed by atoms with Crippen LogP contribution in [-0.2, 0) is 6.42 Å². The molecule has 2 N–H and O–H groups in total. The van der Waals surface area contributed by atoms with Crippen LogP contribution in [0.2, 0.25) is 0 Å². The van der Waals surface area contributed by atoms with Gasteiger partial charge in [0, 0.05) is 18.8 Å². The number of hydrogen-bond donors (Lipinski definition) is 2. The van der Waals surface area contributed by atoms with Crippen molar-refractivity contribution in [1.82, 2.24) is 19.9 Å². The Labute approximate surface area is 168 Å². The predicted octanol–water partition coefficient (Wildman–Crippen LogP) is 3.79. The molecule has 1 atom stereocenters. The van der Waals surface area contributed by atoms with Crippen LogP contribution in [0.5, 0.6) is 11.5 Å². The highest BCUT2D eigenvalue weighted by atomic mass is 16.5. The number of nitrogens with one attached hydrogen (secondary N) is 2. The second-order valence-corrected chi connectivity index (χ2v) is 7.06. The quantitative estimate of drug-likeness (QED) is 0.554. The number of aromatic nitrogens is 4. The maximum absolute atomic E-state index is 5.97. The van der Waals surface area contributed by atoms with Crippen molar-refractivity contribution in [3.05, 3.63) is 60.0 Å². The summed E-state index contributed by atoms with van der Waals surface area (Å²) < 4.78 is 11.3. The molecule has 5 rings (SSSR count). The molecule has 0 spiro atoms. The van der Waals surface area contributed by atoms with Crippen molar-refractivity contribution < 1.29 is 9.47 Å². The first kappa shape index (κ1) is 17.5. The standard InChI is InChI=1S/C22H21N5O2/c1-23-22-24-8-7-17(27-22)13-3-5-18-19(11-13)26-21(25-18)15-9-14-10-16(28-2)4-6-20(14)29-12-15/h3-8,10-11,15H,9,12H2,1-2H3,(H,25,26)(H,23,24,27). The predicted molar refractivity (Wildman–Crippen MR) is 112 cm³/mol. The molecule has 4 aromatic rings. The van der Waals surface area contributed by atoms with Gasteiger partial charge in [-0.2, -0.15) is 0 Å². The second-order valence-electron chi connectivity index (χ2n) is 7.06. The van der Waals surface area contributed by atoms with E-state index in [0.29, 0.717) is 12.6 Å². The highest BCUT2D eigenvalue weighted by Crippen LogP contribution is 2.34. The Balaban J connectivity index is 1.45. The number of aromatic amines is 1. The number of hydrogen-bond acceptors (Lipinski definition) is 6. The molecule has 7 nitrogen and oxygen atoms in total. The van der Waals surface area contributed by atoms with Crippen LogP contribution in [0, 0.1) is 0 Å². The minimum Gasteiger partial charge on any atom is -0.497 e. The van der Waals surface area contributed by atoms with Crippen molar-refractivity contribution >= 4 is 17.0 Å². The van der Waals surface area contributed by atoms with Crippen LogP contribution in [0.25, 0.3) is 22.3 Å². The van der Waals surface area contributed by atoms with Crippen LogP contribution in [0.4, 0.5) is 5.95 Å². The molecule has 1 aliphatic rings. The molecule has 3 heterocycles. The Bertz CT molecular complexity index is 1190. The smallest absolute Gasteiger partial charge is 0.222 e. The van der Waals surface area contributed by atoms with Crippen LogP contribution in [0.3, 0.4) is 0 Å². The fourth-order valence-corrected chi connectivity index (χ4v) is 3.70. The Morgan fingerprint density at radius 2 is 2.07 bits per heavy atom. The summed E-state index contributed by atoms with van der Waals surface area (Å²) in [7, 11) is 3.49. The van der Waals surface area contributed by atoms with Crippen molar-refractivity contribution in [2.45, 2.75) is 12.3 Å². The Hall–Kier alpha value is -3.61. The van der Waals surface area contributed by atoms with Gasteiger partial charge < -0.3 is 19.8 Å². The summed E-state index contributed by atoms with van der Waals surface area (Å²) in [5.74, 6) is 3.46. The molecule has 1 aliphatic heterocycles. The van der Waals surface area contributed by atoms with E-state index in [1.54, 1.807) is 13.3 Å². The molecule has 7 heteroatoms. The third-order valence-corrected chi connectivity index (χ3v) is 5.24. The van der Waals surface area contributed by atoms with Crippen molar-refractivity contribution in [3.63, 3.8) is 0 Å². The molecule has 2 aromatic heterocycles. The van der Waals surface area contributed by atoms with Crippen LogP contribution in [-0.4, -0.2) is 40.7 Å². The molecule has 0 fully saturated rings. The lowest BCUT2D eigenvalue weighted by Gasteiger charge is -2.24. The first-order valence-electron chi connectivity index (χ1n) is 9.54. The zero-order valence-electron chi connectivity index (χ0n) is 16.3. The van der Waals surface area contributed by atoms with Gasteiger partial charge in [0.1, 0.15) is 17.3 Å². The Kier molecular flexibility index (Phi) is 4.27. The summed E-state index contributed by atoms with van der Waals surface area (Å²) in [5.41, 5.74) is 4.94. The maximum Gasteiger partial charge on any atom is 0.222 e. The number of nitrogens with zero attached hydrogens (tertiary/aromatic N) is 3. The van der Waals surface area contributed by atoms with Gasteiger partial charge in [-0.15, -0.1) is 0 Å². The number of rotatable bonds is 4. The molecule has 146 valence electrons. The number of imidazole rings is 1. The van der Waals surface area contributed by atoms with Gasteiger partial charge >= 0.3 is 0 Å². The molecule has 0 bridgehead atoms. The van der Waals surface area contributed by atoms with Crippen LogP contribution in [0.1, 0.15) is 17.3 Å². The van der Waals surface area contributed by atoms with E-state index >= 15 is 0 Å². The number of ether oxygens (including phenoxy) is 2. The van der Waals surface area contributed by atoms with Crippen LogP contribution < -0.4 is 14.8 Å². The molecular weight excluding hydrogens is 366 g/mol. The monoisotopic (exact) mass is 387 g/mol. The fraction of sp³-hybridized carbons (Fsp3) is 0.227. The number of benzene rings is 2. The van der Waals surface area contributed by atoms with E-state index in [1.807, 2.05) is 43.4 Å². The molecule has 0 saturated heterocycles. The number of methoxy groups -OCH3 is 1. The normalized spacial score (nSPS) is 15.6. The summed E-state index contributed by atoms with van der Waals surface area (Å²) in [5, 5.41) is 2.97. The minimum absolute atomic E-state index is 0.167. The van der Waals surface area contributed by atoms with E-state index in [-0.39, 0.29) is 5.92 Å². The number of H-pyrrole nitrogens is 1. The van der Waals surface area contributed by atoms with E-state index in [4.69, 9.17) is 14.5 Å². The SMILES string of the molecule is CNc1nccc(-c2ccc3nc(C4COc5ccc(OC)cc5C4)[nH]c3c2)n1. The minimum atomic E-state index is 0.167. The van der Waals surface area contributed by atoms with Gasteiger partial charge in [0.15, 0.2) is 0 Å². The summed E-state index contributed by atoms with van der Waals surface area (Å²) in [6, 6.07) is 14.0. The maximum atomic E-state index is 5.97. The molecule has 29 heavy (non-hydrogen) atoms. The van der Waals surface area contributed by atoms with Gasteiger partial charge in [-0.1, -0.05) is 6.07 Å². The van der Waals surface area contributed by atoms with Crippen molar-refractivity contribution in [2.75, 3.05) is 26.1 Å². The van der Waals surface area contributed by atoms with Crippen LogP contribution in [0.15, 0.2) is 48.7 Å². The van der Waals surface area contributed by atoms with Crippen molar-refractivity contribution in [2.24, 2.45) is 0 Å². The fourth-order valence-electron chi connectivity index (χ4n) is 3.70. The number of anilines is 1. The van der Waals surface area contributed by atoms with Crippen molar-refractivity contribution in [3.8, 4) is 22.8 Å². The van der Waals surface area contributed by atoms with E-state index < -0.39 is 0 Å². The lowest BCUT2D eigenvalue weighted by Crippen LogP contribution is -2.20. The highest BCUT2D eigenvalue weighted by Gasteiger charge is 2.24. The second kappa shape index (κ2) is 7.09. The first-order chi connectivity index (χ1) is 14.2. The average Bonchev–Trinajstić information content (AvgIpc) is 3.21. The summed E-state index contributed by atoms with van der Waals surface area (Å²) in [6.07, 6.45) is 2.61. The van der Waals surface area contributed by atoms with Gasteiger partial charge in [0.25, 0.3) is 0 Å². The Morgan fingerprint density at radius 3 is 2.93 bits per heavy atom. The lowest BCUT2D eigenvalue weighted by molar-refractivity contribution is 0.257. The van der Waals surface area contributed by atoms with E-state index in [2.05, 4.69) is 26.3 Å². The molecule has 0 radical (unpaired) electrons. The lowest BCUT2D eigenvalue weighted by atomic mass is 9.96. The third kappa shape index (κ3) is 3.24. The first-order valence-corrected chi connectivity index (χ1v) is 9.54. The van der Waals surface area contributed by atoms with Crippen LogP contribution >= 0.6 is 0 Å². The highest BCUT2D eigenvalue weighted by molar-refractivity contribution is 5.81. The molecular formula is C22H21N5O2. The molecule has 2 aromatic carbocycles. The van der Waals surface area contributed by atoms with Gasteiger partial charge in [0.2, 0.25) is 5.95 Å². The van der Waals surface area contributed by atoms with Crippen molar-refractivity contribution in [1.29, 1.82) is 0 Å². The molecule has 0 amide bonds. The zero-order chi connectivity index (χ0) is 19.8. The van der Waals surface area contributed by atoms with Gasteiger partial charge in [-0.05, 0) is 48.4 Å². The average molecular weight is 387 g/mol. The summed E-state index contributed by atoms with van der Waals surface area (Å²) in [6.45, 7) is 0.601. The molecule has 0 aliphatic carbocycles. The number of fused-ring (bicyclic) bond motifs is 2. The largest absolute Gasteiger partial charge is 0.497 e. The van der Waals surface area contributed by atoms with E-state index in [9.17, 15) is 0 Å². The van der Waals surface area contributed by atoms with E-state index in [0.717, 1.165) is 51.6 Å². The Morgan fingerprint density at radius 1 is 1.14 bits per heavy atom. The molecule has 1 unspecified atom stereocenters. The van der Waals surface area contributed by atoms with Gasteiger partial charge in [-0.3, -0.25) is 0 Å². The molecule has 0 saturated carbocycles. The van der Waals surface area contributed by atoms with Gasteiger partial charge in [0.05, 0.1) is 36.4 Å².